The molecule has 0 aliphatic heterocycles. The fraction of sp³-hybridized carbons (Fsp3) is 0.111. The first-order chi connectivity index (χ1) is 13.9. The van der Waals surface area contributed by atoms with Gasteiger partial charge in [-0.2, -0.15) is 9.61 Å². The summed E-state index contributed by atoms with van der Waals surface area (Å²) in [6.07, 6.45) is -4.83. The number of halogens is 3. The fourth-order valence-corrected chi connectivity index (χ4v) is 3.29. The first-order valence-electron chi connectivity index (χ1n) is 8.28. The van der Waals surface area contributed by atoms with Crippen molar-refractivity contribution in [2.75, 3.05) is 0 Å². The second-order valence-corrected chi connectivity index (χ2v) is 6.79. The number of hydrogen-bond acceptors (Lipinski definition) is 6. The molecule has 29 heavy (non-hydrogen) atoms. The normalized spacial score (nSPS) is 11.6. The lowest BCUT2D eigenvalue weighted by atomic mass is 10.2. The zero-order valence-electron chi connectivity index (χ0n) is 14.6. The third-order valence-corrected chi connectivity index (χ3v) is 4.73. The molecule has 148 valence electrons. The van der Waals surface area contributed by atoms with Crippen LogP contribution in [0.25, 0.3) is 16.2 Å². The molecule has 0 saturated carbocycles. The Balaban J connectivity index is 1.50. The quantitative estimate of drug-likeness (QED) is 0.534. The van der Waals surface area contributed by atoms with Crippen LogP contribution in [-0.4, -0.2) is 32.1 Å². The predicted octanol–water partition coefficient (Wildman–Crippen LogP) is 3.68. The average Bonchev–Trinajstić information content (AvgIpc) is 3.34. The van der Waals surface area contributed by atoms with E-state index in [1.54, 1.807) is 6.07 Å². The number of ether oxygens (including phenoxy) is 1. The zero-order valence-corrected chi connectivity index (χ0v) is 15.4. The molecule has 0 fully saturated rings. The highest BCUT2D eigenvalue weighted by Gasteiger charge is 2.31. The number of aromatic nitrogens is 4. The monoisotopic (exact) mass is 419 g/mol. The van der Waals surface area contributed by atoms with Crippen molar-refractivity contribution in [3.8, 4) is 16.3 Å². The van der Waals surface area contributed by atoms with E-state index >= 15 is 0 Å². The Morgan fingerprint density at radius 1 is 1.14 bits per heavy atom. The molecule has 3 aromatic heterocycles. The molecule has 1 N–H and O–H groups in total. The third kappa shape index (κ3) is 4.35. The van der Waals surface area contributed by atoms with Crippen molar-refractivity contribution in [3.05, 3.63) is 65.3 Å². The van der Waals surface area contributed by atoms with Crippen molar-refractivity contribution < 1.29 is 22.7 Å². The minimum absolute atomic E-state index is 0.00868. The number of benzene rings is 1. The Hall–Kier alpha value is -3.47. The highest BCUT2D eigenvalue weighted by Crippen LogP contribution is 2.24. The molecule has 0 unspecified atom stereocenters. The van der Waals surface area contributed by atoms with Gasteiger partial charge in [-0.3, -0.25) is 4.79 Å². The summed E-state index contributed by atoms with van der Waals surface area (Å²) in [5.41, 5.74) is 1.26. The molecule has 0 spiro atoms. The van der Waals surface area contributed by atoms with Crippen LogP contribution < -0.4 is 10.1 Å². The number of rotatable bonds is 5. The van der Waals surface area contributed by atoms with E-state index in [0.29, 0.717) is 11.5 Å². The van der Waals surface area contributed by atoms with E-state index in [9.17, 15) is 18.0 Å². The van der Waals surface area contributed by atoms with Crippen LogP contribution in [0.15, 0.2) is 53.9 Å². The Labute approximate surface area is 165 Å². The van der Waals surface area contributed by atoms with Gasteiger partial charge in [-0.15, -0.1) is 34.7 Å². The van der Waals surface area contributed by atoms with Crippen LogP contribution in [0.5, 0.6) is 5.75 Å². The summed E-state index contributed by atoms with van der Waals surface area (Å²) in [4.78, 5) is 13.3. The van der Waals surface area contributed by atoms with Gasteiger partial charge >= 0.3 is 6.36 Å². The molecule has 11 heteroatoms. The number of carbonyl (C=O) groups excluding carboxylic acids is 1. The van der Waals surface area contributed by atoms with Crippen LogP contribution in [-0.2, 0) is 6.54 Å². The lowest BCUT2D eigenvalue weighted by molar-refractivity contribution is -0.274. The number of amides is 1. The molecule has 0 bridgehead atoms. The van der Waals surface area contributed by atoms with E-state index in [0.717, 1.165) is 22.7 Å². The molecule has 1 aromatic carbocycles. The smallest absolute Gasteiger partial charge is 0.406 e. The lowest BCUT2D eigenvalue weighted by Gasteiger charge is -2.10. The Morgan fingerprint density at radius 2 is 2.00 bits per heavy atom. The van der Waals surface area contributed by atoms with Crippen LogP contribution in [0.4, 0.5) is 13.2 Å². The summed E-state index contributed by atoms with van der Waals surface area (Å²) in [5, 5.41) is 17.0. The number of nitrogens with zero attached hydrogens (tertiary/aromatic N) is 4. The summed E-state index contributed by atoms with van der Waals surface area (Å²) in [6.45, 7) is -0.00868. The maximum absolute atomic E-state index is 12.3. The second-order valence-electron chi connectivity index (χ2n) is 5.84. The van der Waals surface area contributed by atoms with Crippen LogP contribution >= 0.6 is 11.3 Å². The Bertz CT molecular complexity index is 1160. The molecule has 1 amide bonds. The van der Waals surface area contributed by atoms with Gasteiger partial charge < -0.3 is 10.1 Å². The standard InChI is InChI=1S/C18H12F3N5O2S/c19-18(20,21)28-12-4-1-3-11(9-12)17(27)22-10-16-24-23-15-7-6-13(25-26(15)16)14-5-2-8-29-14/h1-9H,10H2,(H,22,27). The average molecular weight is 419 g/mol. The van der Waals surface area contributed by atoms with E-state index in [1.807, 2.05) is 23.6 Å². The van der Waals surface area contributed by atoms with Gasteiger partial charge in [0.2, 0.25) is 0 Å². The van der Waals surface area contributed by atoms with Gasteiger partial charge in [0.25, 0.3) is 5.91 Å². The molecule has 4 aromatic rings. The Morgan fingerprint density at radius 3 is 2.76 bits per heavy atom. The number of fused-ring (bicyclic) bond motifs is 1. The van der Waals surface area contributed by atoms with Crippen molar-refractivity contribution in [2.45, 2.75) is 12.9 Å². The van der Waals surface area contributed by atoms with E-state index in [4.69, 9.17) is 0 Å². The summed E-state index contributed by atoms with van der Waals surface area (Å²) < 4.78 is 42.4. The molecule has 0 saturated heterocycles. The van der Waals surface area contributed by atoms with Crippen LogP contribution in [0.1, 0.15) is 16.2 Å². The van der Waals surface area contributed by atoms with Gasteiger partial charge in [0.05, 0.1) is 11.4 Å². The molecule has 0 aliphatic rings. The second kappa shape index (κ2) is 7.51. The van der Waals surface area contributed by atoms with Gasteiger partial charge in [0.1, 0.15) is 11.4 Å². The van der Waals surface area contributed by atoms with Crippen molar-refractivity contribution in [2.24, 2.45) is 0 Å². The van der Waals surface area contributed by atoms with E-state index in [1.165, 1.54) is 28.0 Å². The van der Waals surface area contributed by atoms with Crippen molar-refractivity contribution in [1.29, 1.82) is 0 Å². The number of nitrogens with one attached hydrogen (secondary N) is 1. The van der Waals surface area contributed by atoms with Crippen LogP contribution in [0, 0.1) is 0 Å². The molecular weight excluding hydrogens is 407 g/mol. The lowest BCUT2D eigenvalue weighted by Crippen LogP contribution is -2.24. The van der Waals surface area contributed by atoms with E-state index in [-0.39, 0.29) is 12.1 Å². The van der Waals surface area contributed by atoms with Gasteiger partial charge in [-0.25, -0.2) is 0 Å². The molecular formula is C18H12F3N5O2S. The molecule has 0 atom stereocenters. The molecule has 0 radical (unpaired) electrons. The first kappa shape index (κ1) is 18.9. The largest absolute Gasteiger partial charge is 0.573 e. The Kier molecular flexibility index (Phi) is 4.89. The van der Waals surface area contributed by atoms with Crippen molar-refractivity contribution in [1.82, 2.24) is 25.1 Å². The van der Waals surface area contributed by atoms with Gasteiger partial charge in [0.15, 0.2) is 11.5 Å². The highest BCUT2D eigenvalue weighted by molar-refractivity contribution is 7.13. The molecule has 0 aliphatic carbocycles. The van der Waals surface area contributed by atoms with Gasteiger partial charge in [-0.1, -0.05) is 12.1 Å². The predicted molar refractivity (Wildman–Crippen MR) is 98.4 cm³/mol. The SMILES string of the molecule is O=C(NCc1nnc2ccc(-c3cccs3)nn12)c1cccc(OC(F)(F)F)c1. The number of hydrogen-bond donors (Lipinski definition) is 1. The maximum Gasteiger partial charge on any atom is 0.573 e. The molecule has 3 heterocycles. The number of carbonyl (C=O) groups is 1. The van der Waals surface area contributed by atoms with Crippen LogP contribution in [0.2, 0.25) is 0 Å². The first-order valence-corrected chi connectivity index (χ1v) is 9.16. The van der Waals surface area contributed by atoms with E-state index < -0.39 is 18.0 Å². The molecule has 7 nitrogen and oxygen atoms in total. The van der Waals surface area contributed by atoms with E-state index in [2.05, 4.69) is 25.3 Å². The van der Waals surface area contributed by atoms with Crippen molar-refractivity contribution in [3.63, 3.8) is 0 Å². The van der Waals surface area contributed by atoms with Crippen LogP contribution in [0.3, 0.4) is 0 Å². The topological polar surface area (TPSA) is 81.4 Å². The van der Waals surface area contributed by atoms with Gasteiger partial charge in [-0.05, 0) is 41.8 Å². The summed E-state index contributed by atoms with van der Waals surface area (Å²) in [7, 11) is 0. The summed E-state index contributed by atoms with van der Waals surface area (Å²) in [6, 6.07) is 12.2. The summed E-state index contributed by atoms with van der Waals surface area (Å²) in [5.74, 6) is -0.668. The third-order valence-electron chi connectivity index (χ3n) is 3.84. The highest BCUT2D eigenvalue weighted by atomic mass is 32.1. The molecule has 4 rings (SSSR count). The zero-order chi connectivity index (χ0) is 20.4. The number of alkyl halides is 3. The minimum Gasteiger partial charge on any atom is -0.406 e. The minimum atomic E-state index is -4.83. The maximum atomic E-state index is 12.3. The number of thiophene rings is 1. The fourth-order valence-electron chi connectivity index (χ4n) is 2.60. The van der Waals surface area contributed by atoms with Crippen molar-refractivity contribution >= 4 is 22.9 Å². The van der Waals surface area contributed by atoms with Gasteiger partial charge in [0, 0.05) is 5.56 Å². The summed E-state index contributed by atoms with van der Waals surface area (Å²) >= 11 is 1.54.